The van der Waals surface area contributed by atoms with Gasteiger partial charge >= 0.3 is 0 Å². The first-order valence-electron chi connectivity index (χ1n) is 6.74. The summed E-state index contributed by atoms with van der Waals surface area (Å²) in [4.78, 5) is 0. The average Bonchev–Trinajstić information content (AvgIpc) is 2.29. The molecule has 0 spiro atoms. The molecule has 0 fully saturated rings. The van der Waals surface area contributed by atoms with Crippen LogP contribution >= 0.6 is 0 Å². The van der Waals surface area contributed by atoms with Crippen LogP contribution in [0.4, 0.5) is 5.69 Å². The second kappa shape index (κ2) is 4.69. The summed E-state index contributed by atoms with van der Waals surface area (Å²) in [7, 11) is 0. The third kappa shape index (κ3) is 2.19. The lowest BCUT2D eigenvalue weighted by Crippen LogP contribution is -2.45. The van der Waals surface area contributed by atoms with Crippen LogP contribution in [-0.2, 0) is 12.0 Å². The number of benzene rings is 1. The van der Waals surface area contributed by atoms with Crippen molar-refractivity contribution in [1.29, 1.82) is 0 Å². The Kier molecular flexibility index (Phi) is 3.43. The van der Waals surface area contributed by atoms with Gasteiger partial charge in [0.25, 0.3) is 0 Å². The van der Waals surface area contributed by atoms with E-state index in [1.807, 2.05) is 12.1 Å². The molecule has 0 bridgehead atoms. The molecule has 0 amide bonds. The zero-order valence-corrected chi connectivity index (χ0v) is 11.0. The highest BCUT2D eigenvalue weighted by Gasteiger charge is 2.36. The van der Waals surface area contributed by atoms with Crippen molar-refractivity contribution in [3.8, 4) is 0 Å². The Bertz CT molecular complexity index is 396. The van der Waals surface area contributed by atoms with Crippen molar-refractivity contribution < 1.29 is 0 Å². The molecule has 17 heavy (non-hydrogen) atoms. The van der Waals surface area contributed by atoms with Crippen LogP contribution in [0.15, 0.2) is 18.2 Å². The Morgan fingerprint density at radius 2 is 2.18 bits per heavy atom. The maximum absolute atomic E-state index is 6.59. The summed E-state index contributed by atoms with van der Waals surface area (Å²) in [5.41, 5.74) is 15.9. The maximum atomic E-state index is 6.59. The van der Waals surface area contributed by atoms with Gasteiger partial charge in [0, 0.05) is 11.2 Å². The van der Waals surface area contributed by atoms with Gasteiger partial charge in [-0.3, -0.25) is 0 Å². The first kappa shape index (κ1) is 12.4. The molecule has 1 aromatic carbocycles. The summed E-state index contributed by atoms with van der Waals surface area (Å²) in [6, 6.07) is 6.17. The summed E-state index contributed by atoms with van der Waals surface area (Å²) in [5.74, 6) is 0.594. The highest BCUT2D eigenvalue weighted by atomic mass is 14.8. The number of hydrogen-bond donors (Lipinski definition) is 2. The van der Waals surface area contributed by atoms with E-state index in [-0.39, 0.29) is 5.54 Å². The van der Waals surface area contributed by atoms with Crippen LogP contribution < -0.4 is 11.5 Å². The van der Waals surface area contributed by atoms with Crippen molar-refractivity contribution in [2.45, 2.75) is 51.5 Å². The van der Waals surface area contributed by atoms with E-state index in [0.29, 0.717) is 5.92 Å². The monoisotopic (exact) mass is 232 g/mol. The molecule has 1 aliphatic rings. The highest BCUT2D eigenvalue weighted by molar-refractivity contribution is 5.54. The van der Waals surface area contributed by atoms with Crippen molar-refractivity contribution in [3.63, 3.8) is 0 Å². The molecule has 2 atom stereocenters. The van der Waals surface area contributed by atoms with E-state index >= 15 is 0 Å². The molecular formula is C15H24N2. The fourth-order valence-corrected chi connectivity index (χ4v) is 3.12. The molecule has 2 heteroatoms. The van der Waals surface area contributed by atoms with Gasteiger partial charge in [-0.1, -0.05) is 31.9 Å². The fourth-order valence-electron chi connectivity index (χ4n) is 3.12. The topological polar surface area (TPSA) is 52.0 Å². The Morgan fingerprint density at radius 3 is 2.88 bits per heavy atom. The number of nitrogen functional groups attached to an aromatic ring is 1. The van der Waals surface area contributed by atoms with Gasteiger partial charge in [-0.2, -0.15) is 0 Å². The molecule has 2 nitrogen and oxygen atoms in total. The minimum Gasteiger partial charge on any atom is -0.398 e. The van der Waals surface area contributed by atoms with Crippen LogP contribution in [0.2, 0.25) is 0 Å². The van der Waals surface area contributed by atoms with Gasteiger partial charge < -0.3 is 11.5 Å². The van der Waals surface area contributed by atoms with E-state index < -0.39 is 0 Å². The van der Waals surface area contributed by atoms with Crippen LogP contribution in [0.5, 0.6) is 0 Å². The van der Waals surface area contributed by atoms with Crippen LogP contribution in [-0.4, -0.2) is 0 Å². The van der Waals surface area contributed by atoms with Crippen LogP contribution in [0.1, 0.15) is 50.7 Å². The molecule has 2 rings (SSSR count). The van der Waals surface area contributed by atoms with Gasteiger partial charge in [-0.15, -0.1) is 0 Å². The number of nitrogens with two attached hydrogens (primary N) is 2. The van der Waals surface area contributed by atoms with Crippen molar-refractivity contribution in [1.82, 2.24) is 0 Å². The van der Waals surface area contributed by atoms with Crippen molar-refractivity contribution in [2.75, 3.05) is 5.73 Å². The third-order valence-corrected chi connectivity index (χ3v) is 4.29. The summed E-state index contributed by atoms with van der Waals surface area (Å²) in [6.45, 7) is 4.41. The Hall–Kier alpha value is -1.02. The Morgan fingerprint density at radius 1 is 1.41 bits per heavy atom. The van der Waals surface area contributed by atoms with E-state index in [1.165, 1.54) is 36.8 Å². The molecule has 0 heterocycles. The molecule has 94 valence electrons. The van der Waals surface area contributed by atoms with Crippen LogP contribution in [0.3, 0.4) is 0 Å². The molecule has 2 unspecified atom stereocenters. The zero-order valence-electron chi connectivity index (χ0n) is 11.0. The molecule has 4 N–H and O–H groups in total. The molecule has 0 aliphatic heterocycles. The number of anilines is 1. The first-order valence-corrected chi connectivity index (χ1v) is 6.74. The normalized spacial score (nSPS) is 27.8. The van der Waals surface area contributed by atoms with Crippen LogP contribution in [0.25, 0.3) is 0 Å². The summed E-state index contributed by atoms with van der Waals surface area (Å²) in [6.07, 6.45) is 6.01. The largest absolute Gasteiger partial charge is 0.398 e. The summed E-state index contributed by atoms with van der Waals surface area (Å²) in [5, 5.41) is 0. The minimum absolute atomic E-state index is 0.210. The van der Waals surface area contributed by atoms with Gasteiger partial charge in [0.05, 0.1) is 0 Å². The lowest BCUT2D eigenvalue weighted by Gasteiger charge is -2.41. The number of rotatable bonds is 3. The van der Waals surface area contributed by atoms with E-state index in [9.17, 15) is 0 Å². The smallest absolute Gasteiger partial charge is 0.0413 e. The molecule has 0 aromatic heterocycles. The second-order valence-corrected chi connectivity index (χ2v) is 5.53. The predicted octanol–water partition coefficient (Wildman–Crippen LogP) is 3.20. The number of unbranched alkanes of at least 4 members (excludes halogenated alkanes) is 1. The van der Waals surface area contributed by atoms with Gasteiger partial charge in [-0.25, -0.2) is 0 Å². The van der Waals surface area contributed by atoms with Crippen molar-refractivity contribution >= 4 is 5.69 Å². The molecule has 1 aliphatic carbocycles. The molecule has 0 radical (unpaired) electrons. The van der Waals surface area contributed by atoms with E-state index in [2.05, 4.69) is 19.9 Å². The minimum atomic E-state index is -0.210. The summed E-state index contributed by atoms with van der Waals surface area (Å²) >= 11 is 0. The fraction of sp³-hybridized carbons (Fsp3) is 0.600. The van der Waals surface area contributed by atoms with Crippen LogP contribution in [0, 0.1) is 5.92 Å². The van der Waals surface area contributed by atoms with Gasteiger partial charge in [0.1, 0.15) is 0 Å². The Labute approximate surface area is 104 Å². The second-order valence-electron chi connectivity index (χ2n) is 5.53. The van der Waals surface area contributed by atoms with E-state index in [4.69, 9.17) is 11.5 Å². The lowest BCUT2D eigenvalue weighted by atomic mass is 9.69. The summed E-state index contributed by atoms with van der Waals surface area (Å²) < 4.78 is 0. The lowest BCUT2D eigenvalue weighted by molar-refractivity contribution is 0.242. The van der Waals surface area contributed by atoms with Crippen molar-refractivity contribution in [3.05, 3.63) is 29.3 Å². The third-order valence-electron chi connectivity index (χ3n) is 4.29. The van der Waals surface area contributed by atoms with Gasteiger partial charge in [0.2, 0.25) is 0 Å². The van der Waals surface area contributed by atoms with Crippen molar-refractivity contribution in [2.24, 2.45) is 11.7 Å². The average molecular weight is 232 g/mol. The molecule has 0 saturated heterocycles. The quantitative estimate of drug-likeness (QED) is 0.786. The predicted molar refractivity (Wildman–Crippen MR) is 73.7 cm³/mol. The standard InChI is InChI=1S/C15H24N2/c1-3-4-6-11-9-10-12-13(15(11,2)17)7-5-8-14(12)16/h5,7-8,11H,3-4,6,9-10,16-17H2,1-2H3. The van der Waals surface area contributed by atoms with Gasteiger partial charge in [0.15, 0.2) is 0 Å². The molecule has 1 aromatic rings. The number of hydrogen-bond acceptors (Lipinski definition) is 2. The first-order chi connectivity index (χ1) is 8.07. The molecular weight excluding hydrogens is 208 g/mol. The van der Waals surface area contributed by atoms with Gasteiger partial charge in [-0.05, 0) is 49.3 Å². The molecule has 0 saturated carbocycles. The van der Waals surface area contributed by atoms with E-state index in [1.54, 1.807) is 0 Å². The van der Waals surface area contributed by atoms with E-state index in [0.717, 1.165) is 12.1 Å². The maximum Gasteiger partial charge on any atom is 0.0413 e. The Balaban J connectivity index is 2.31. The highest BCUT2D eigenvalue weighted by Crippen LogP contribution is 2.41. The SMILES string of the molecule is CCCCC1CCc2c(N)cccc2C1(C)N. The number of fused-ring (bicyclic) bond motifs is 1. The zero-order chi connectivity index (χ0) is 12.5.